The second kappa shape index (κ2) is 6.74. The molecule has 1 rings (SSSR count). The number of aryl methyl sites for hydroxylation is 1. The van der Waals surface area contributed by atoms with Crippen LogP contribution in [0.3, 0.4) is 0 Å². The van der Waals surface area contributed by atoms with Gasteiger partial charge in [-0.15, -0.1) is 0 Å². The molecule has 0 fully saturated rings. The van der Waals surface area contributed by atoms with Crippen molar-refractivity contribution in [3.8, 4) is 0 Å². The Morgan fingerprint density at radius 3 is 2.17 bits per heavy atom. The van der Waals surface area contributed by atoms with E-state index in [-0.39, 0.29) is 5.78 Å². The summed E-state index contributed by atoms with van der Waals surface area (Å²) in [6.07, 6.45) is 3.81. The first-order valence-corrected chi connectivity index (χ1v) is 6.76. The third-order valence-electron chi connectivity index (χ3n) is 2.77. The van der Waals surface area contributed by atoms with Gasteiger partial charge >= 0.3 is 0 Å². The second-order valence-corrected chi connectivity index (χ2v) is 5.97. The molecule has 0 amide bonds. The molecule has 0 aliphatic rings. The molecular weight excluding hydrogens is 224 g/mol. The van der Waals surface area contributed by atoms with E-state index in [0.29, 0.717) is 18.4 Å². The number of nitrogens with zero attached hydrogens (tertiary/aromatic N) is 2. The van der Waals surface area contributed by atoms with Crippen LogP contribution in [-0.2, 0) is 7.05 Å². The van der Waals surface area contributed by atoms with Crippen LogP contribution in [0.5, 0.6) is 0 Å². The smallest absolute Gasteiger partial charge is 0.178 e. The number of hydrogen-bond acceptors (Lipinski definition) is 2. The molecule has 3 heteroatoms. The van der Waals surface area contributed by atoms with Gasteiger partial charge in [-0.3, -0.25) is 9.69 Å². The highest BCUT2D eigenvalue weighted by Gasteiger charge is 2.15. The van der Waals surface area contributed by atoms with E-state index in [1.54, 1.807) is 0 Å². The summed E-state index contributed by atoms with van der Waals surface area (Å²) in [5.74, 6) is 1.40. The summed E-state index contributed by atoms with van der Waals surface area (Å²) >= 11 is 0. The molecule has 0 aliphatic heterocycles. The summed E-state index contributed by atoms with van der Waals surface area (Å²) in [7, 11) is 1.94. The third kappa shape index (κ3) is 5.05. The zero-order valence-corrected chi connectivity index (χ0v) is 12.3. The van der Waals surface area contributed by atoms with Gasteiger partial charge in [0.15, 0.2) is 5.78 Å². The van der Waals surface area contributed by atoms with Crippen molar-refractivity contribution >= 4 is 5.78 Å². The quantitative estimate of drug-likeness (QED) is 0.695. The van der Waals surface area contributed by atoms with Crippen molar-refractivity contribution < 1.29 is 4.79 Å². The molecule has 1 aromatic heterocycles. The van der Waals surface area contributed by atoms with Crippen LogP contribution < -0.4 is 0 Å². The van der Waals surface area contributed by atoms with Gasteiger partial charge in [-0.05, 0) is 17.9 Å². The maximum atomic E-state index is 12.2. The fraction of sp³-hybridized carbons (Fsp3) is 0.667. The molecule has 102 valence electrons. The molecule has 0 saturated carbocycles. The number of aromatic nitrogens is 1. The summed E-state index contributed by atoms with van der Waals surface area (Å²) in [5.41, 5.74) is 0.815. The summed E-state index contributed by atoms with van der Waals surface area (Å²) in [6, 6.07) is 1.89. The molecule has 0 bridgehead atoms. The number of carbonyl (C=O) groups excluding carboxylic acids is 1. The highest BCUT2D eigenvalue weighted by Crippen LogP contribution is 2.07. The van der Waals surface area contributed by atoms with Crippen LogP contribution >= 0.6 is 0 Å². The van der Waals surface area contributed by atoms with E-state index in [0.717, 1.165) is 18.7 Å². The third-order valence-corrected chi connectivity index (χ3v) is 2.77. The average molecular weight is 250 g/mol. The van der Waals surface area contributed by atoms with Crippen molar-refractivity contribution in [2.24, 2.45) is 18.9 Å². The van der Waals surface area contributed by atoms with Crippen molar-refractivity contribution in [1.82, 2.24) is 9.47 Å². The normalized spacial score (nSPS) is 11.8. The highest BCUT2D eigenvalue weighted by molar-refractivity contribution is 5.97. The molecule has 0 aliphatic carbocycles. The van der Waals surface area contributed by atoms with Crippen molar-refractivity contribution in [1.29, 1.82) is 0 Å². The van der Waals surface area contributed by atoms with E-state index in [4.69, 9.17) is 0 Å². The lowest BCUT2D eigenvalue weighted by atomic mass is 10.1. The van der Waals surface area contributed by atoms with E-state index >= 15 is 0 Å². The summed E-state index contributed by atoms with van der Waals surface area (Å²) in [6.45, 7) is 11.3. The minimum absolute atomic E-state index is 0.219. The zero-order valence-electron chi connectivity index (χ0n) is 12.3. The average Bonchev–Trinajstić information content (AvgIpc) is 2.62. The van der Waals surface area contributed by atoms with E-state index in [1.165, 1.54) is 0 Å². The predicted octanol–water partition coefficient (Wildman–Crippen LogP) is 2.82. The lowest BCUT2D eigenvalue weighted by molar-refractivity contribution is 0.0912. The minimum Gasteiger partial charge on any atom is -0.357 e. The van der Waals surface area contributed by atoms with Crippen molar-refractivity contribution in [2.75, 3.05) is 19.6 Å². The molecule has 1 aromatic rings. The van der Waals surface area contributed by atoms with E-state index in [2.05, 4.69) is 32.6 Å². The van der Waals surface area contributed by atoms with Gasteiger partial charge in [0.2, 0.25) is 0 Å². The Balaban J connectivity index is 2.61. The molecule has 0 unspecified atom stereocenters. The SMILES string of the molecule is CC(C)CN(CC(=O)c1ccn(C)c1)CC(C)C. The van der Waals surface area contributed by atoms with E-state index in [1.807, 2.05) is 30.1 Å². The number of ketones is 1. The Kier molecular flexibility index (Phi) is 5.60. The van der Waals surface area contributed by atoms with Crippen molar-refractivity contribution in [3.05, 3.63) is 24.0 Å². The fourth-order valence-corrected chi connectivity index (χ4v) is 2.20. The molecule has 0 N–H and O–H groups in total. The van der Waals surface area contributed by atoms with E-state index in [9.17, 15) is 4.79 Å². The molecule has 0 aromatic carbocycles. The summed E-state index contributed by atoms with van der Waals surface area (Å²) in [4.78, 5) is 14.4. The summed E-state index contributed by atoms with van der Waals surface area (Å²) in [5, 5.41) is 0. The standard InChI is InChI=1S/C15H26N2O/c1-12(2)8-17(9-13(3)4)11-15(18)14-6-7-16(5)10-14/h6-7,10,12-13H,8-9,11H2,1-5H3. The van der Waals surface area contributed by atoms with Gasteiger partial charge < -0.3 is 4.57 Å². The fourth-order valence-electron chi connectivity index (χ4n) is 2.20. The number of hydrogen-bond donors (Lipinski definition) is 0. The van der Waals surface area contributed by atoms with Crippen LogP contribution in [-0.4, -0.2) is 34.9 Å². The van der Waals surface area contributed by atoms with Crippen LogP contribution in [0.25, 0.3) is 0 Å². The van der Waals surface area contributed by atoms with Gasteiger partial charge in [0, 0.05) is 38.1 Å². The lowest BCUT2D eigenvalue weighted by Crippen LogP contribution is -2.35. The predicted molar refractivity (Wildman–Crippen MR) is 75.9 cm³/mol. The van der Waals surface area contributed by atoms with Crippen LogP contribution in [0.4, 0.5) is 0 Å². The van der Waals surface area contributed by atoms with Crippen molar-refractivity contribution in [3.63, 3.8) is 0 Å². The first-order chi connectivity index (χ1) is 8.38. The lowest BCUT2D eigenvalue weighted by Gasteiger charge is -2.25. The molecular formula is C15H26N2O. The molecule has 0 saturated heterocycles. The first kappa shape index (κ1) is 15.0. The van der Waals surface area contributed by atoms with Gasteiger partial charge in [0.1, 0.15) is 0 Å². The monoisotopic (exact) mass is 250 g/mol. The largest absolute Gasteiger partial charge is 0.357 e. The molecule has 1 heterocycles. The topological polar surface area (TPSA) is 25.2 Å². The summed E-state index contributed by atoms with van der Waals surface area (Å²) < 4.78 is 1.92. The van der Waals surface area contributed by atoms with Crippen LogP contribution in [0.2, 0.25) is 0 Å². The first-order valence-electron chi connectivity index (χ1n) is 6.76. The van der Waals surface area contributed by atoms with Crippen LogP contribution in [0.1, 0.15) is 38.1 Å². The number of Topliss-reactive ketones (excluding diaryl/α,β-unsaturated/α-hetero) is 1. The Morgan fingerprint density at radius 2 is 1.78 bits per heavy atom. The van der Waals surface area contributed by atoms with Gasteiger partial charge in [-0.1, -0.05) is 27.7 Å². The van der Waals surface area contributed by atoms with Crippen LogP contribution in [0.15, 0.2) is 18.5 Å². The van der Waals surface area contributed by atoms with Gasteiger partial charge in [0.25, 0.3) is 0 Å². The number of carbonyl (C=O) groups is 1. The van der Waals surface area contributed by atoms with Crippen molar-refractivity contribution in [2.45, 2.75) is 27.7 Å². The van der Waals surface area contributed by atoms with Gasteiger partial charge in [-0.2, -0.15) is 0 Å². The second-order valence-electron chi connectivity index (χ2n) is 5.97. The Labute approximate surface area is 111 Å². The maximum Gasteiger partial charge on any atom is 0.178 e. The van der Waals surface area contributed by atoms with Gasteiger partial charge in [0.05, 0.1) is 6.54 Å². The Morgan fingerprint density at radius 1 is 1.22 bits per heavy atom. The molecule has 0 atom stereocenters. The molecule has 18 heavy (non-hydrogen) atoms. The minimum atomic E-state index is 0.219. The number of rotatable bonds is 7. The maximum absolute atomic E-state index is 12.2. The molecule has 3 nitrogen and oxygen atoms in total. The zero-order chi connectivity index (χ0) is 13.7. The highest BCUT2D eigenvalue weighted by atomic mass is 16.1. The molecule has 0 spiro atoms. The molecule has 0 radical (unpaired) electrons. The Bertz CT molecular complexity index is 370. The van der Waals surface area contributed by atoms with E-state index < -0.39 is 0 Å². The van der Waals surface area contributed by atoms with Gasteiger partial charge in [-0.25, -0.2) is 0 Å². The Hall–Kier alpha value is -1.09. The van der Waals surface area contributed by atoms with Crippen LogP contribution in [0, 0.1) is 11.8 Å².